The van der Waals surface area contributed by atoms with Gasteiger partial charge in [-0.1, -0.05) is 0 Å². The van der Waals surface area contributed by atoms with Gasteiger partial charge in [0.05, 0.1) is 5.69 Å². The summed E-state index contributed by atoms with van der Waals surface area (Å²) in [5.74, 6) is -1.21. The highest BCUT2D eigenvalue weighted by atomic mass is 19.1. The van der Waals surface area contributed by atoms with Gasteiger partial charge < -0.3 is 11.1 Å². The third-order valence-corrected chi connectivity index (χ3v) is 2.55. The van der Waals surface area contributed by atoms with Gasteiger partial charge in [-0.3, -0.25) is 0 Å². The topological polar surface area (TPSA) is 38.0 Å². The molecule has 0 radical (unpaired) electrons. The van der Waals surface area contributed by atoms with Gasteiger partial charge in [0.25, 0.3) is 0 Å². The van der Waals surface area contributed by atoms with Crippen LogP contribution in [0.1, 0.15) is 24.4 Å². The number of hydrogen-bond acceptors (Lipinski definition) is 2. The SMILES string of the molecule is Nc1cc([C@@H]2CCCN2)c(F)cc1F. The molecule has 0 spiro atoms. The van der Waals surface area contributed by atoms with E-state index >= 15 is 0 Å². The maximum Gasteiger partial charge on any atom is 0.149 e. The Labute approximate surface area is 81.1 Å². The highest BCUT2D eigenvalue weighted by molar-refractivity contribution is 5.44. The number of hydrogen-bond donors (Lipinski definition) is 2. The Morgan fingerprint density at radius 3 is 2.71 bits per heavy atom. The number of anilines is 1. The largest absolute Gasteiger partial charge is 0.396 e. The fraction of sp³-hybridized carbons (Fsp3) is 0.400. The van der Waals surface area contributed by atoms with E-state index in [-0.39, 0.29) is 11.7 Å². The lowest BCUT2D eigenvalue weighted by Gasteiger charge is -2.12. The molecule has 0 saturated carbocycles. The van der Waals surface area contributed by atoms with E-state index in [4.69, 9.17) is 5.73 Å². The minimum atomic E-state index is -0.691. The summed E-state index contributed by atoms with van der Waals surface area (Å²) in [5, 5.41) is 3.14. The zero-order valence-electron chi connectivity index (χ0n) is 7.69. The van der Waals surface area contributed by atoms with Crippen LogP contribution in [0.15, 0.2) is 12.1 Å². The molecular formula is C10H12F2N2. The van der Waals surface area contributed by atoms with E-state index in [1.165, 1.54) is 6.07 Å². The second-order valence-corrected chi connectivity index (χ2v) is 3.54. The molecule has 0 aliphatic carbocycles. The summed E-state index contributed by atoms with van der Waals surface area (Å²) < 4.78 is 26.2. The highest BCUT2D eigenvalue weighted by Gasteiger charge is 2.20. The number of rotatable bonds is 1. The van der Waals surface area contributed by atoms with Gasteiger partial charge in [0.1, 0.15) is 11.6 Å². The number of nitrogens with one attached hydrogen (secondary N) is 1. The quantitative estimate of drug-likeness (QED) is 0.677. The summed E-state index contributed by atoms with van der Waals surface area (Å²) in [5.41, 5.74) is 5.87. The van der Waals surface area contributed by atoms with Crippen LogP contribution in [0.5, 0.6) is 0 Å². The number of nitrogen functional groups attached to an aromatic ring is 1. The predicted molar refractivity (Wildman–Crippen MR) is 50.7 cm³/mol. The summed E-state index contributed by atoms with van der Waals surface area (Å²) in [6.45, 7) is 0.876. The smallest absolute Gasteiger partial charge is 0.149 e. The summed E-state index contributed by atoms with van der Waals surface area (Å²) in [7, 11) is 0. The molecule has 1 heterocycles. The van der Waals surface area contributed by atoms with E-state index in [2.05, 4.69) is 5.32 Å². The lowest BCUT2D eigenvalue weighted by Crippen LogP contribution is -2.15. The summed E-state index contributed by atoms with van der Waals surface area (Å²) in [6, 6.07) is 2.22. The average molecular weight is 198 g/mol. The van der Waals surface area contributed by atoms with Crippen molar-refractivity contribution >= 4 is 5.69 Å². The maximum absolute atomic E-state index is 13.3. The Bertz CT molecular complexity index is 346. The predicted octanol–water partition coefficient (Wildman–Crippen LogP) is 1.97. The standard InChI is InChI=1S/C10H12F2N2/c11-7-5-8(12)9(13)4-6(7)10-2-1-3-14-10/h4-5,10,14H,1-3,13H2/t10-/m0/s1. The minimum absolute atomic E-state index is 0.00935. The van der Waals surface area contributed by atoms with Crippen LogP contribution >= 0.6 is 0 Å². The number of benzene rings is 1. The van der Waals surface area contributed by atoms with E-state index in [0.717, 1.165) is 25.5 Å². The first-order chi connectivity index (χ1) is 6.68. The minimum Gasteiger partial charge on any atom is -0.396 e. The summed E-state index contributed by atoms with van der Waals surface area (Å²) in [6.07, 6.45) is 1.89. The molecule has 0 aromatic heterocycles. The molecule has 0 amide bonds. The molecule has 1 aliphatic rings. The first-order valence-electron chi connectivity index (χ1n) is 4.66. The molecule has 76 valence electrons. The highest BCUT2D eigenvalue weighted by Crippen LogP contribution is 2.28. The van der Waals surface area contributed by atoms with E-state index in [0.29, 0.717) is 5.56 Å². The molecule has 1 aromatic rings. The molecule has 14 heavy (non-hydrogen) atoms. The lowest BCUT2D eigenvalue weighted by atomic mass is 10.0. The summed E-state index contributed by atoms with van der Waals surface area (Å²) >= 11 is 0. The third-order valence-electron chi connectivity index (χ3n) is 2.55. The Morgan fingerprint density at radius 2 is 2.07 bits per heavy atom. The molecule has 1 aliphatic heterocycles. The Kier molecular flexibility index (Phi) is 2.37. The van der Waals surface area contributed by atoms with Gasteiger partial charge in [-0.15, -0.1) is 0 Å². The van der Waals surface area contributed by atoms with Crippen molar-refractivity contribution in [1.82, 2.24) is 5.32 Å². The Morgan fingerprint density at radius 1 is 1.29 bits per heavy atom. The van der Waals surface area contributed by atoms with Crippen molar-refractivity contribution in [3.63, 3.8) is 0 Å². The van der Waals surface area contributed by atoms with Crippen molar-refractivity contribution in [1.29, 1.82) is 0 Å². The second kappa shape index (κ2) is 3.53. The molecule has 4 heteroatoms. The average Bonchev–Trinajstić information content (AvgIpc) is 2.64. The molecule has 1 aromatic carbocycles. The van der Waals surface area contributed by atoms with Crippen LogP contribution in [-0.2, 0) is 0 Å². The first-order valence-corrected chi connectivity index (χ1v) is 4.66. The van der Waals surface area contributed by atoms with Gasteiger partial charge in [0.2, 0.25) is 0 Å². The van der Waals surface area contributed by atoms with Gasteiger partial charge in [-0.2, -0.15) is 0 Å². The van der Waals surface area contributed by atoms with Gasteiger partial charge >= 0.3 is 0 Å². The van der Waals surface area contributed by atoms with Crippen molar-refractivity contribution < 1.29 is 8.78 Å². The third kappa shape index (κ3) is 1.57. The van der Waals surface area contributed by atoms with Gasteiger partial charge in [-0.05, 0) is 25.5 Å². The van der Waals surface area contributed by atoms with Crippen LogP contribution in [0.25, 0.3) is 0 Å². The zero-order chi connectivity index (χ0) is 10.1. The van der Waals surface area contributed by atoms with E-state index in [9.17, 15) is 8.78 Å². The molecule has 3 N–H and O–H groups in total. The van der Waals surface area contributed by atoms with Crippen molar-refractivity contribution in [2.45, 2.75) is 18.9 Å². The Balaban J connectivity index is 2.37. The monoisotopic (exact) mass is 198 g/mol. The molecule has 1 fully saturated rings. The van der Waals surface area contributed by atoms with Gasteiger partial charge in [-0.25, -0.2) is 8.78 Å². The molecule has 0 bridgehead atoms. The van der Waals surface area contributed by atoms with E-state index in [1.54, 1.807) is 0 Å². The molecule has 1 saturated heterocycles. The second-order valence-electron chi connectivity index (χ2n) is 3.54. The maximum atomic E-state index is 13.3. The fourth-order valence-electron chi connectivity index (χ4n) is 1.80. The molecule has 1 atom stereocenters. The molecular weight excluding hydrogens is 186 g/mol. The fourth-order valence-corrected chi connectivity index (χ4v) is 1.80. The van der Waals surface area contributed by atoms with Crippen molar-refractivity contribution in [3.05, 3.63) is 29.3 Å². The van der Waals surface area contributed by atoms with E-state index < -0.39 is 11.6 Å². The van der Waals surface area contributed by atoms with Gasteiger partial charge in [0, 0.05) is 17.7 Å². The first kappa shape index (κ1) is 9.40. The molecule has 2 rings (SSSR count). The van der Waals surface area contributed by atoms with Crippen molar-refractivity contribution in [3.8, 4) is 0 Å². The van der Waals surface area contributed by atoms with E-state index in [1.807, 2.05) is 0 Å². The molecule has 0 unspecified atom stereocenters. The molecule has 2 nitrogen and oxygen atoms in total. The van der Waals surface area contributed by atoms with Crippen molar-refractivity contribution in [2.24, 2.45) is 0 Å². The van der Waals surface area contributed by atoms with Crippen LogP contribution in [0, 0.1) is 11.6 Å². The normalized spacial score (nSPS) is 21.4. The zero-order valence-corrected chi connectivity index (χ0v) is 7.69. The van der Waals surface area contributed by atoms with Crippen molar-refractivity contribution in [2.75, 3.05) is 12.3 Å². The lowest BCUT2D eigenvalue weighted by molar-refractivity contribution is 0.541. The van der Waals surface area contributed by atoms with Crippen LogP contribution in [0.4, 0.5) is 14.5 Å². The number of nitrogens with two attached hydrogens (primary N) is 1. The van der Waals surface area contributed by atoms with Crippen LogP contribution < -0.4 is 11.1 Å². The van der Waals surface area contributed by atoms with Crippen LogP contribution in [0.2, 0.25) is 0 Å². The van der Waals surface area contributed by atoms with Gasteiger partial charge in [0.15, 0.2) is 0 Å². The number of halogens is 2. The van der Waals surface area contributed by atoms with Crippen LogP contribution in [-0.4, -0.2) is 6.54 Å². The van der Waals surface area contributed by atoms with Crippen LogP contribution in [0.3, 0.4) is 0 Å². The summed E-state index contributed by atoms with van der Waals surface area (Å²) in [4.78, 5) is 0. The Hall–Kier alpha value is -1.16.